The monoisotopic (exact) mass is 264 g/mol. The molecule has 106 valence electrons. The van der Waals surface area contributed by atoms with E-state index < -0.39 is 0 Å². The number of aromatic nitrogens is 2. The van der Waals surface area contributed by atoms with Crippen LogP contribution in [0.4, 0.5) is 5.82 Å². The van der Waals surface area contributed by atoms with Crippen LogP contribution in [0.3, 0.4) is 0 Å². The minimum Gasteiger partial charge on any atom is -0.477 e. The molecule has 1 aliphatic carbocycles. The molecule has 0 aliphatic heterocycles. The van der Waals surface area contributed by atoms with Crippen LogP contribution in [0.25, 0.3) is 0 Å². The maximum absolute atomic E-state index is 6.03. The number of hydrogen-bond donors (Lipinski definition) is 2. The molecule has 0 amide bonds. The Labute approximate surface area is 115 Å². The van der Waals surface area contributed by atoms with Crippen LogP contribution in [0.1, 0.15) is 39.5 Å². The van der Waals surface area contributed by atoms with Gasteiger partial charge < -0.3 is 15.8 Å². The molecule has 3 N–H and O–H groups in total. The molecule has 5 nitrogen and oxygen atoms in total. The van der Waals surface area contributed by atoms with Gasteiger partial charge in [0.25, 0.3) is 0 Å². The highest BCUT2D eigenvalue weighted by atomic mass is 16.5. The smallest absolute Gasteiger partial charge is 0.234 e. The lowest BCUT2D eigenvalue weighted by Crippen LogP contribution is -2.52. The minimum atomic E-state index is -0.0578. The second-order valence-corrected chi connectivity index (χ2v) is 5.31. The van der Waals surface area contributed by atoms with Gasteiger partial charge >= 0.3 is 0 Å². The normalized spacial score (nSPS) is 27.0. The van der Waals surface area contributed by atoms with Gasteiger partial charge in [0.15, 0.2) is 0 Å². The number of nitrogens with one attached hydrogen (secondary N) is 1. The Hall–Kier alpha value is -1.36. The van der Waals surface area contributed by atoms with Crippen molar-refractivity contribution in [2.75, 3.05) is 18.5 Å². The van der Waals surface area contributed by atoms with Crippen molar-refractivity contribution in [3.8, 4) is 5.88 Å². The lowest BCUT2D eigenvalue weighted by atomic mass is 9.73. The maximum atomic E-state index is 6.03. The summed E-state index contributed by atoms with van der Waals surface area (Å²) in [5.74, 6) is 1.86. The fourth-order valence-electron chi connectivity index (χ4n) is 2.83. The quantitative estimate of drug-likeness (QED) is 0.853. The first kappa shape index (κ1) is 14.1. The maximum Gasteiger partial charge on any atom is 0.234 e. The molecule has 0 bridgehead atoms. The summed E-state index contributed by atoms with van der Waals surface area (Å²) in [4.78, 5) is 8.60. The molecule has 0 aromatic carbocycles. The summed E-state index contributed by atoms with van der Waals surface area (Å²) in [5, 5.41) is 3.51. The predicted octanol–water partition coefficient (Wildman–Crippen LogP) is 2.19. The molecule has 0 spiro atoms. The molecular formula is C14H24N4O. The Morgan fingerprint density at radius 1 is 1.47 bits per heavy atom. The highest BCUT2D eigenvalue weighted by Gasteiger charge is 2.37. The highest BCUT2D eigenvalue weighted by molar-refractivity contribution is 5.38. The zero-order valence-electron chi connectivity index (χ0n) is 11.9. The molecule has 1 aromatic heterocycles. The molecule has 1 aliphatic rings. The SMILES string of the molecule is CCOc1cncc(NC2(CN)CCCCC2C)n1. The first-order valence-corrected chi connectivity index (χ1v) is 7.13. The van der Waals surface area contributed by atoms with Gasteiger partial charge in [0.1, 0.15) is 5.82 Å². The standard InChI is InChI=1S/C14H24N4O/c1-3-19-13-9-16-8-12(17-13)18-14(10-15)7-5-4-6-11(14)2/h8-9,11H,3-7,10,15H2,1-2H3,(H,17,18). The van der Waals surface area contributed by atoms with Crippen molar-refractivity contribution >= 4 is 5.82 Å². The summed E-state index contributed by atoms with van der Waals surface area (Å²) < 4.78 is 5.38. The van der Waals surface area contributed by atoms with Crippen LogP contribution in [0.5, 0.6) is 5.88 Å². The molecule has 2 atom stereocenters. The van der Waals surface area contributed by atoms with Crippen LogP contribution in [-0.2, 0) is 0 Å². The van der Waals surface area contributed by atoms with Gasteiger partial charge in [-0.05, 0) is 25.7 Å². The topological polar surface area (TPSA) is 73.1 Å². The van der Waals surface area contributed by atoms with E-state index in [4.69, 9.17) is 10.5 Å². The Balaban J connectivity index is 2.15. The van der Waals surface area contributed by atoms with Gasteiger partial charge in [0.05, 0.1) is 24.5 Å². The number of hydrogen-bond acceptors (Lipinski definition) is 5. The van der Waals surface area contributed by atoms with Crippen LogP contribution in [0.2, 0.25) is 0 Å². The Morgan fingerprint density at radius 3 is 3.00 bits per heavy atom. The van der Waals surface area contributed by atoms with Gasteiger partial charge in [-0.15, -0.1) is 0 Å². The second-order valence-electron chi connectivity index (χ2n) is 5.31. The summed E-state index contributed by atoms with van der Waals surface area (Å²) >= 11 is 0. The predicted molar refractivity (Wildman–Crippen MR) is 76.2 cm³/mol. The van der Waals surface area contributed by atoms with Crippen molar-refractivity contribution < 1.29 is 4.74 Å². The minimum absolute atomic E-state index is 0.0578. The van der Waals surface area contributed by atoms with Crippen molar-refractivity contribution in [3.63, 3.8) is 0 Å². The molecule has 1 saturated carbocycles. The van der Waals surface area contributed by atoms with E-state index in [0.717, 1.165) is 12.2 Å². The molecule has 19 heavy (non-hydrogen) atoms. The number of anilines is 1. The van der Waals surface area contributed by atoms with Gasteiger partial charge in [-0.3, -0.25) is 4.98 Å². The van der Waals surface area contributed by atoms with Crippen LogP contribution in [0, 0.1) is 5.92 Å². The molecule has 1 fully saturated rings. The van der Waals surface area contributed by atoms with E-state index in [1.54, 1.807) is 12.4 Å². The molecule has 2 rings (SSSR count). The van der Waals surface area contributed by atoms with Gasteiger partial charge in [0.2, 0.25) is 5.88 Å². The van der Waals surface area contributed by atoms with Crippen LogP contribution in [-0.4, -0.2) is 28.7 Å². The molecule has 2 unspecified atom stereocenters. The third-order valence-electron chi connectivity index (χ3n) is 4.10. The van der Waals surface area contributed by atoms with E-state index in [1.165, 1.54) is 19.3 Å². The Bertz CT molecular complexity index is 412. The number of nitrogens with zero attached hydrogens (tertiary/aromatic N) is 2. The van der Waals surface area contributed by atoms with Crippen molar-refractivity contribution in [1.29, 1.82) is 0 Å². The van der Waals surface area contributed by atoms with Crippen LogP contribution < -0.4 is 15.8 Å². The fraction of sp³-hybridized carbons (Fsp3) is 0.714. The summed E-state index contributed by atoms with van der Waals surface area (Å²) in [5.41, 5.74) is 5.97. The van der Waals surface area contributed by atoms with Crippen molar-refractivity contribution in [3.05, 3.63) is 12.4 Å². The van der Waals surface area contributed by atoms with Gasteiger partial charge in [-0.2, -0.15) is 4.98 Å². The lowest BCUT2D eigenvalue weighted by molar-refractivity contribution is 0.234. The van der Waals surface area contributed by atoms with E-state index in [0.29, 0.717) is 24.9 Å². The second kappa shape index (κ2) is 6.19. The summed E-state index contributed by atoms with van der Waals surface area (Å²) in [6.45, 7) is 5.41. The highest BCUT2D eigenvalue weighted by Crippen LogP contribution is 2.35. The first-order chi connectivity index (χ1) is 9.20. The molecule has 1 heterocycles. The molecule has 0 radical (unpaired) electrons. The van der Waals surface area contributed by atoms with Gasteiger partial charge in [-0.25, -0.2) is 0 Å². The molecule has 1 aromatic rings. The summed E-state index contributed by atoms with van der Waals surface area (Å²) in [6.07, 6.45) is 8.17. The number of ether oxygens (including phenoxy) is 1. The number of nitrogens with two attached hydrogens (primary N) is 1. The number of rotatable bonds is 5. The average molecular weight is 264 g/mol. The van der Waals surface area contributed by atoms with E-state index in [-0.39, 0.29) is 5.54 Å². The van der Waals surface area contributed by atoms with Crippen molar-refractivity contribution in [2.45, 2.75) is 45.1 Å². The third-order valence-corrected chi connectivity index (χ3v) is 4.10. The van der Waals surface area contributed by atoms with E-state index in [2.05, 4.69) is 22.2 Å². The zero-order chi connectivity index (χ0) is 13.7. The van der Waals surface area contributed by atoms with E-state index in [1.807, 2.05) is 6.92 Å². The molecule has 5 heteroatoms. The van der Waals surface area contributed by atoms with Crippen molar-refractivity contribution in [2.24, 2.45) is 11.7 Å². The molecular weight excluding hydrogens is 240 g/mol. The average Bonchev–Trinajstić information content (AvgIpc) is 2.42. The summed E-state index contributed by atoms with van der Waals surface area (Å²) in [6, 6.07) is 0. The summed E-state index contributed by atoms with van der Waals surface area (Å²) in [7, 11) is 0. The Morgan fingerprint density at radius 2 is 2.32 bits per heavy atom. The van der Waals surface area contributed by atoms with Crippen molar-refractivity contribution in [1.82, 2.24) is 9.97 Å². The largest absolute Gasteiger partial charge is 0.477 e. The molecule has 0 saturated heterocycles. The first-order valence-electron chi connectivity index (χ1n) is 7.13. The van der Waals surface area contributed by atoms with Gasteiger partial charge in [-0.1, -0.05) is 19.8 Å². The van der Waals surface area contributed by atoms with Gasteiger partial charge in [0, 0.05) is 6.54 Å². The van der Waals surface area contributed by atoms with E-state index in [9.17, 15) is 0 Å². The van der Waals surface area contributed by atoms with E-state index >= 15 is 0 Å². The third kappa shape index (κ3) is 3.15. The fourth-order valence-corrected chi connectivity index (χ4v) is 2.83. The zero-order valence-corrected chi connectivity index (χ0v) is 11.9. The van der Waals surface area contributed by atoms with Crippen LogP contribution in [0.15, 0.2) is 12.4 Å². The van der Waals surface area contributed by atoms with Crippen LogP contribution >= 0.6 is 0 Å². The lowest BCUT2D eigenvalue weighted by Gasteiger charge is -2.43. The Kier molecular flexibility index (Phi) is 4.58.